The third kappa shape index (κ3) is 3.30. The van der Waals surface area contributed by atoms with Crippen LogP contribution in [-0.2, 0) is 19.6 Å². The summed E-state index contributed by atoms with van der Waals surface area (Å²) in [4.78, 5) is 14.3. The second kappa shape index (κ2) is 7.01. The van der Waals surface area contributed by atoms with Gasteiger partial charge in [-0.1, -0.05) is 12.1 Å². The summed E-state index contributed by atoms with van der Waals surface area (Å²) in [6.07, 6.45) is 1.98. The van der Waals surface area contributed by atoms with Gasteiger partial charge in [0, 0.05) is 33.3 Å². The van der Waals surface area contributed by atoms with E-state index in [1.807, 2.05) is 0 Å². The first-order valence-electron chi connectivity index (χ1n) is 8.44. The molecule has 138 valence electrons. The molecule has 0 radical (unpaired) electrons. The van der Waals surface area contributed by atoms with E-state index in [4.69, 9.17) is 4.74 Å². The van der Waals surface area contributed by atoms with Gasteiger partial charge >= 0.3 is 0 Å². The van der Waals surface area contributed by atoms with Crippen LogP contribution in [-0.4, -0.2) is 63.4 Å². The van der Waals surface area contributed by atoms with Crippen molar-refractivity contribution in [1.29, 1.82) is 0 Å². The molecule has 25 heavy (non-hydrogen) atoms. The fourth-order valence-electron chi connectivity index (χ4n) is 3.78. The van der Waals surface area contributed by atoms with Gasteiger partial charge in [-0.2, -0.15) is 4.31 Å². The summed E-state index contributed by atoms with van der Waals surface area (Å²) in [6.45, 7) is 1.99. The molecule has 2 aliphatic rings. The van der Waals surface area contributed by atoms with Crippen LogP contribution in [0.5, 0.6) is 0 Å². The molecule has 2 heterocycles. The van der Waals surface area contributed by atoms with Crippen molar-refractivity contribution in [2.45, 2.75) is 24.2 Å². The minimum Gasteiger partial charge on any atom is -0.383 e. The molecule has 0 aliphatic carbocycles. The molecule has 1 unspecified atom stereocenters. The molecule has 0 N–H and O–H groups in total. The van der Waals surface area contributed by atoms with Gasteiger partial charge in [-0.3, -0.25) is 4.79 Å². The Morgan fingerprint density at radius 2 is 2.00 bits per heavy atom. The summed E-state index contributed by atoms with van der Waals surface area (Å²) < 4.78 is 45.8. The van der Waals surface area contributed by atoms with Crippen LogP contribution in [0.25, 0.3) is 0 Å². The second-order valence-electron chi connectivity index (χ2n) is 6.69. The molecule has 1 aromatic rings. The van der Waals surface area contributed by atoms with Crippen molar-refractivity contribution in [2.75, 3.05) is 39.9 Å². The van der Waals surface area contributed by atoms with Crippen molar-refractivity contribution in [3.63, 3.8) is 0 Å². The van der Waals surface area contributed by atoms with E-state index in [1.165, 1.54) is 22.5 Å². The molecule has 0 saturated carbocycles. The molecule has 1 aromatic carbocycles. The number of likely N-dealkylation sites (tertiary alicyclic amines) is 1. The van der Waals surface area contributed by atoms with Gasteiger partial charge in [-0.15, -0.1) is 0 Å². The maximum atomic E-state index is 14.0. The molecule has 1 atom stereocenters. The number of piperidine rings is 1. The van der Waals surface area contributed by atoms with E-state index in [2.05, 4.69) is 0 Å². The average molecular weight is 370 g/mol. The molecule has 1 spiro atoms. The van der Waals surface area contributed by atoms with E-state index in [9.17, 15) is 17.6 Å². The Bertz CT molecular complexity index is 755. The number of hydrogen-bond acceptors (Lipinski definition) is 4. The van der Waals surface area contributed by atoms with Gasteiger partial charge in [-0.25, -0.2) is 12.8 Å². The van der Waals surface area contributed by atoms with Crippen LogP contribution in [0, 0.1) is 11.2 Å². The van der Waals surface area contributed by atoms with Crippen LogP contribution in [0.15, 0.2) is 29.2 Å². The zero-order chi connectivity index (χ0) is 18.1. The van der Waals surface area contributed by atoms with E-state index >= 15 is 0 Å². The molecule has 0 bridgehead atoms. The molecule has 6 nitrogen and oxygen atoms in total. The molecular weight excluding hydrogens is 347 g/mol. The first kappa shape index (κ1) is 18.3. The lowest BCUT2D eigenvalue weighted by molar-refractivity contribution is -0.146. The highest BCUT2D eigenvalue weighted by Gasteiger charge is 2.51. The van der Waals surface area contributed by atoms with Crippen molar-refractivity contribution in [3.05, 3.63) is 30.1 Å². The van der Waals surface area contributed by atoms with Crippen LogP contribution in [0.1, 0.15) is 19.3 Å². The Hall–Kier alpha value is -1.51. The number of ether oxygens (including phenoxy) is 1. The number of hydrogen-bond donors (Lipinski definition) is 0. The number of halogens is 1. The minimum atomic E-state index is -3.94. The van der Waals surface area contributed by atoms with Crippen LogP contribution >= 0.6 is 0 Å². The zero-order valence-corrected chi connectivity index (χ0v) is 15.1. The smallest absolute Gasteiger partial charge is 0.246 e. The van der Waals surface area contributed by atoms with Crippen molar-refractivity contribution in [2.24, 2.45) is 5.41 Å². The maximum absolute atomic E-state index is 14.0. The van der Waals surface area contributed by atoms with Gasteiger partial charge in [0.1, 0.15) is 10.7 Å². The number of nitrogens with zero attached hydrogens (tertiary/aromatic N) is 2. The number of sulfonamides is 1. The quantitative estimate of drug-likeness (QED) is 0.787. The number of rotatable bonds is 5. The number of benzene rings is 1. The van der Waals surface area contributed by atoms with Gasteiger partial charge in [0.15, 0.2) is 0 Å². The first-order chi connectivity index (χ1) is 11.9. The molecule has 8 heteroatoms. The lowest BCUT2D eigenvalue weighted by Gasteiger charge is -2.39. The third-order valence-electron chi connectivity index (χ3n) is 5.16. The highest BCUT2D eigenvalue weighted by Crippen LogP contribution is 2.42. The molecule has 0 aromatic heterocycles. The molecule has 2 aliphatic heterocycles. The summed E-state index contributed by atoms with van der Waals surface area (Å²) in [7, 11) is -2.35. The predicted octanol–water partition coefficient (Wildman–Crippen LogP) is 1.48. The van der Waals surface area contributed by atoms with E-state index in [0.29, 0.717) is 32.5 Å². The molecular formula is C17H23FN2O4S. The van der Waals surface area contributed by atoms with Gasteiger partial charge in [0.2, 0.25) is 15.9 Å². The summed E-state index contributed by atoms with van der Waals surface area (Å²) >= 11 is 0. The summed E-state index contributed by atoms with van der Waals surface area (Å²) in [5.74, 6) is -0.776. The highest BCUT2D eigenvalue weighted by molar-refractivity contribution is 7.89. The number of carbonyl (C=O) groups is 1. The standard InChI is InChI=1S/C17H23FN2O4S/c1-24-12-11-19-9-4-7-17(16(19)21)8-10-20(13-17)25(22,23)15-6-3-2-5-14(15)18/h2-3,5-6H,4,7-13H2,1H3. The lowest BCUT2D eigenvalue weighted by Crippen LogP contribution is -2.51. The Kier molecular flexibility index (Phi) is 5.13. The van der Waals surface area contributed by atoms with E-state index < -0.39 is 21.3 Å². The molecule has 1 amide bonds. The summed E-state index contributed by atoms with van der Waals surface area (Å²) in [5.41, 5.74) is -0.690. The topological polar surface area (TPSA) is 66.9 Å². The van der Waals surface area contributed by atoms with Crippen LogP contribution in [0.3, 0.4) is 0 Å². The summed E-state index contributed by atoms with van der Waals surface area (Å²) in [5, 5.41) is 0. The van der Waals surface area contributed by atoms with Crippen molar-refractivity contribution >= 4 is 15.9 Å². The minimum absolute atomic E-state index is 0.0120. The average Bonchev–Trinajstić information content (AvgIpc) is 3.02. The van der Waals surface area contributed by atoms with Crippen molar-refractivity contribution in [1.82, 2.24) is 9.21 Å². The Morgan fingerprint density at radius 1 is 1.24 bits per heavy atom. The number of methoxy groups -OCH3 is 1. The second-order valence-corrected chi connectivity index (χ2v) is 8.59. The molecule has 3 rings (SSSR count). The maximum Gasteiger partial charge on any atom is 0.246 e. The Balaban J connectivity index is 1.81. The zero-order valence-electron chi connectivity index (χ0n) is 14.3. The fourth-order valence-corrected chi connectivity index (χ4v) is 5.37. The normalized spacial score (nSPS) is 25.0. The molecule has 2 fully saturated rings. The van der Waals surface area contributed by atoms with Gasteiger partial charge in [0.05, 0.1) is 12.0 Å². The number of carbonyl (C=O) groups excluding carboxylic acids is 1. The van der Waals surface area contributed by atoms with Crippen LogP contribution in [0.2, 0.25) is 0 Å². The highest BCUT2D eigenvalue weighted by atomic mass is 32.2. The first-order valence-corrected chi connectivity index (χ1v) is 9.88. The monoisotopic (exact) mass is 370 g/mol. The third-order valence-corrected chi connectivity index (χ3v) is 7.04. The van der Waals surface area contributed by atoms with Crippen molar-refractivity contribution in [3.8, 4) is 0 Å². The van der Waals surface area contributed by atoms with E-state index in [-0.39, 0.29) is 23.9 Å². The van der Waals surface area contributed by atoms with Gasteiger partial charge in [-0.05, 0) is 31.4 Å². The van der Waals surface area contributed by atoms with Gasteiger partial charge in [0.25, 0.3) is 0 Å². The molecule has 2 saturated heterocycles. The Morgan fingerprint density at radius 3 is 2.72 bits per heavy atom. The predicted molar refractivity (Wildman–Crippen MR) is 89.9 cm³/mol. The van der Waals surface area contributed by atoms with Crippen molar-refractivity contribution < 1.29 is 22.3 Å². The van der Waals surface area contributed by atoms with Crippen LogP contribution < -0.4 is 0 Å². The largest absolute Gasteiger partial charge is 0.383 e. The SMILES string of the molecule is COCCN1CCCC2(CCN(S(=O)(=O)c3ccccc3F)C2)C1=O. The Labute approximate surface area is 147 Å². The van der Waals surface area contributed by atoms with E-state index in [1.54, 1.807) is 12.0 Å². The van der Waals surface area contributed by atoms with Gasteiger partial charge < -0.3 is 9.64 Å². The lowest BCUT2D eigenvalue weighted by atomic mass is 9.78. The van der Waals surface area contributed by atoms with E-state index in [0.717, 1.165) is 12.5 Å². The number of amides is 1. The summed E-state index contributed by atoms with van der Waals surface area (Å²) in [6, 6.07) is 5.36. The van der Waals surface area contributed by atoms with Crippen LogP contribution in [0.4, 0.5) is 4.39 Å². The fraction of sp³-hybridized carbons (Fsp3) is 0.588.